The fourth-order valence-corrected chi connectivity index (χ4v) is 2.58. The van der Waals surface area contributed by atoms with Gasteiger partial charge in [0.2, 0.25) is 6.10 Å². The average Bonchev–Trinajstić information content (AvgIpc) is 2.54. The second kappa shape index (κ2) is 9.84. The Morgan fingerprint density at radius 1 is 0.852 bits per heavy atom. The molecular formula is C16H21NO10. The zero-order valence-corrected chi connectivity index (χ0v) is 15.5. The Labute approximate surface area is 155 Å². The number of carbonyl (C=O) groups is 4. The summed E-state index contributed by atoms with van der Waals surface area (Å²) in [6.07, 6.45) is -8.25. The molecule has 150 valence electrons. The van der Waals surface area contributed by atoms with Crippen LogP contribution in [0.4, 0.5) is 0 Å². The van der Waals surface area contributed by atoms with Crippen molar-refractivity contribution in [3.05, 3.63) is 0 Å². The highest BCUT2D eigenvalue weighted by Crippen LogP contribution is 2.31. The van der Waals surface area contributed by atoms with E-state index in [0.29, 0.717) is 0 Å². The van der Waals surface area contributed by atoms with Crippen LogP contribution in [0.15, 0.2) is 0 Å². The maximum absolute atomic E-state index is 11.6. The summed E-state index contributed by atoms with van der Waals surface area (Å²) in [7, 11) is 1.22. The van der Waals surface area contributed by atoms with E-state index in [4.69, 9.17) is 28.4 Å². The summed E-state index contributed by atoms with van der Waals surface area (Å²) >= 11 is 0. The molecule has 1 rings (SSSR count). The van der Waals surface area contributed by atoms with Crippen molar-refractivity contribution < 1.29 is 47.6 Å². The minimum absolute atomic E-state index is 0.736. The van der Waals surface area contributed by atoms with E-state index >= 15 is 0 Å². The quantitative estimate of drug-likeness (QED) is 0.433. The van der Waals surface area contributed by atoms with Crippen LogP contribution in [0, 0.1) is 11.3 Å². The van der Waals surface area contributed by atoms with Crippen molar-refractivity contribution in [2.45, 2.75) is 64.5 Å². The topological polar surface area (TPSA) is 147 Å². The van der Waals surface area contributed by atoms with E-state index in [2.05, 4.69) is 0 Å². The third-order valence-electron chi connectivity index (χ3n) is 3.39. The first-order chi connectivity index (χ1) is 12.6. The monoisotopic (exact) mass is 387 g/mol. The van der Waals surface area contributed by atoms with Crippen molar-refractivity contribution in [2.24, 2.45) is 0 Å². The Morgan fingerprint density at radius 3 is 1.74 bits per heavy atom. The maximum Gasteiger partial charge on any atom is 0.304 e. The highest BCUT2D eigenvalue weighted by molar-refractivity contribution is 5.69. The van der Waals surface area contributed by atoms with E-state index in [-0.39, 0.29) is 0 Å². The number of ether oxygens (including phenoxy) is 6. The van der Waals surface area contributed by atoms with Crippen molar-refractivity contribution in [3.63, 3.8) is 0 Å². The summed E-state index contributed by atoms with van der Waals surface area (Å²) in [4.78, 5) is 45.8. The lowest BCUT2D eigenvalue weighted by Crippen LogP contribution is -2.64. The number of esters is 4. The normalized spacial score (nSPS) is 28.2. The molecule has 1 heterocycles. The molecule has 0 aromatic rings. The lowest BCUT2D eigenvalue weighted by atomic mass is 9.94. The number of nitrogens with zero attached hydrogens (tertiary/aromatic N) is 1. The third-order valence-corrected chi connectivity index (χ3v) is 3.39. The van der Waals surface area contributed by atoms with Crippen molar-refractivity contribution in [3.8, 4) is 6.07 Å². The predicted octanol–water partition coefficient (Wildman–Crippen LogP) is -0.392. The Hall–Kier alpha value is -2.71. The zero-order chi connectivity index (χ0) is 20.7. The summed E-state index contributed by atoms with van der Waals surface area (Å²) < 4.78 is 31.0. The van der Waals surface area contributed by atoms with Crippen LogP contribution in [-0.2, 0) is 47.6 Å². The first kappa shape index (κ1) is 22.3. The molecule has 0 unspecified atom stereocenters. The van der Waals surface area contributed by atoms with Crippen LogP contribution in [0.1, 0.15) is 27.7 Å². The van der Waals surface area contributed by atoms with Crippen LogP contribution < -0.4 is 0 Å². The van der Waals surface area contributed by atoms with Gasteiger partial charge in [0.1, 0.15) is 6.07 Å². The van der Waals surface area contributed by atoms with Gasteiger partial charge in [0, 0.05) is 34.8 Å². The van der Waals surface area contributed by atoms with Gasteiger partial charge in [0.15, 0.2) is 30.7 Å². The van der Waals surface area contributed by atoms with Gasteiger partial charge in [0.05, 0.1) is 0 Å². The van der Waals surface area contributed by atoms with Crippen molar-refractivity contribution >= 4 is 23.9 Å². The molecule has 1 aliphatic heterocycles. The number of rotatable bonds is 6. The summed E-state index contributed by atoms with van der Waals surface area (Å²) in [5, 5.41) is 9.34. The number of carbonyl (C=O) groups excluding carboxylic acids is 4. The van der Waals surface area contributed by atoms with Gasteiger partial charge in [-0.2, -0.15) is 5.26 Å². The van der Waals surface area contributed by atoms with Gasteiger partial charge >= 0.3 is 23.9 Å². The standard InChI is InChI=1S/C16H21NO10/c1-7(18)23-11(6-17)12-13(24-8(2)19)14(25-9(3)20)15(26-10(4)21)16(22-5)27-12/h11-16H,1-5H3/t11-,12-,13+,14+,15-,16+/m1/s1. The van der Waals surface area contributed by atoms with Crippen LogP contribution in [0.2, 0.25) is 0 Å². The summed E-state index contributed by atoms with van der Waals surface area (Å²) in [6, 6.07) is 1.72. The molecule has 27 heavy (non-hydrogen) atoms. The fourth-order valence-electron chi connectivity index (χ4n) is 2.58. The van der Waals surface area contributed by atoms with Crippen LogP contribution >= 0.6 is 0 Å². The molecule has 11 heteroatoms. The minimum Gasteiger partial charge on any atom is -0.455 e. The molecule has 1 aliphatic rings. The molecule has 0 saturated carbocycles. The highest BCUT2D eigenvalue weighted by atomic mass is 16.7. The van der Waals surface area contributed by atoms with Gasteiger partial charge in [-0.25, -0.2) is 0 Å². The van der Waals surface area contributed by atoms with E-state index < -0.39 is 60.7 Å². The number of hydrogen-bond donors (Lipinski definition) is 0. The maximum atomic E-state index is 11.6. The fraction of sp³-hybridized carbons (Fsp3) is 0.688. The molecule has 0 N–H and O–H groups in total. The van der Waals surface area contributed by atoms with Crippen molar-refractivity contribution in [1.29, 1.82) is 5.26 Å². The number of methoxy groups -OCH3 is 1. The van der Waals surface area contributed by atoms with E-state index in [1.165, 1.54) is 7.11 Å². The molecule has 0 aliphatic carbocycles. The molecule has 0 aromatic heterocycles. The summed E-state index contributed by atoms with van der Waals surface area (Å²) in [6.45, 7) is 4.36. The van der Waals surface area contributed by atoms with Gasteiger partial charge in [0.25, 0.3) is 0 Å². The van der Waals surface area contributed by atoms with Gasteiger partial charge in [-0.1, -0.05) is 0 Å². The Kier molecular flexibility index (Phi) is 8.14. The smallest absolute Gasteiger partial charge is 0.304 e. The molecule has 1 saturated heterocycles. The van der Waals surface area contributed by atoms with Gasteiger partial charge in [-0.15, -0.1) is 0 Å². The van der Waals surface area contributed by atoms with Crippen LogP contribution in [0.5, 0.6) is 0 Å². The van der Waals surface area contributed by atoms with Gasteiger partial charge in [-0.3, -0.25) is 19.2 Å². The van der Waals surface area contributed by atoms with Crippen LogP contribution in [0.25, 0.3) is 0 Å². The third kappa shape index (κ3) is 6.19. The molecule has 0 amide bonds. The highest BCUT2D eigenvalue weighted by Gasteiger charge is 2.55. The predicted molar refractivity (Wildman–Crippen MR) is 83.5 cm³/mol. The van der Waals surface area contributed by atoms with Gasteiger partial charge < -0.3 is 28.4 Å². The molecular weight excluding hydrogens is 366 g/mol. The van der Waals surface area contributed by atoms with Gasteiger partial charge in [-0.05, 0) is 0 Å². The molecule has 0 spiro atoms. The van der Waals surface area contributed by atoms with E-state index in [9.17, 15) is 24.4 Å². The molecule has 0 aromatic carbocycles. The first-order valence-corrected chi connectivity index (χ1v) is 7.87. The molecule has 0 bridgehead atoms. The Balaban J connectivity index is 3.38. The second-order valence-electron chi connectivity index (χ2n) is 5.59. The molecule has 1 fully saturated rings. The lowest BCUT2D eigenvalue weighted by Gasteiger charge is -2.44. The summed E-state index contributed by atoms with van der Waals surface area (Å²) in [5.74, 6) is -3.08. The minimum atomic E-state index is -1.51. The van der Waals surface area contributed by atoms with Crippen molar-refractivity contribution in [1.82, 2.24) is 0 Å². The molecule has 11 nitrogen and oxygen atoms in total. The van der Waals surface area contributed by atoms with Crippen LogP contribution in [0.3, 0.4) is 0 Å². The Bertz CT molecular complexity index is 627. The molecule has 0 radical (unpaired) electrons. The second-order valence-corrected chi connectivity index (χ2v) is 5.59. The lowest BCUT2D eigenvalue weighted by molar-refractivity contribution is -0.307. The van der Waals surface area contributed by atoms with Crippen LogP contribution in [-0.4, -0.2) is 67.8 Å². The zero-order valence-electron chi connectivity index (χ0n) is 15.5. The van der Waals surface area contributed by atoms with Crippen molar-refractivity contribution in [2.75, 3.05) is 7.11 Å². The first-order valence-electron chi connectivity index (χ1n) is 7.87. The molecule has 6 atom stereocenters. The average molecular weight is 387 g/mol. The van der Waals surface area contributed by atoms with E-state index in [0.717, 1.165) is 27.7 Å². The SMILES string of the molecule is CO[C@H]1O[C@H]([C@@H](C#N)OC(C)=O)[C@H](OC(C)=O)[C@H](OC(C)=O)[C@H]1OC(C)=O. The van der Waals surface area contributed by atoms with E-state index in [1.807, 2.05) is 0 Å². The number of hydrogen-bond acceptors (Lipinski definition) is 11. The summed E-state index contributed by atoms with van der Waals surface area (Å²) in [5.41, 5.74) is 0. The Morgan fingerprint density at radius 2 is 1.33 bits per heavy atom. The number of nitriles is 1. The van der Waals surface area contributed by atoms with E-state index in [1.54, 1.807) is 6.07 Å². The largest absolute Gasteiger partial charge is 0.455 e.